The summed E-state index contributed by atoms with van der Waals surface area (Å²) >= 11 is 0. The number of nitrogens with zero attached hydrogens (tertiary/aromatic N) is 1. The van der Waals surface area contributed by atoms with E-state index in [0.717, 1.165) is 22.4 Å². The normalized spacial score (nSPS) is 12.1. The van der Waals surface area contributed by atoms with E-state index in [1.807, 2.05) is 55.5 Å². The second-order valence-corrected chi connectivity index (χ2v) is 5.14. The van der Waals surface area contributed by atoms with Gasteiger partial charge in [0.05, 0.1) is 13.3 Å². The minimum absolute atomic E-state index is 0.366. The molecule has 0 fully saturated rings. The lowest BCUT2D eigenvalue weighted by Gasteiger charge is -2.08. The maximum atomic E-state index is 6.21. The highest BCUT2D eigenvalue weighted by atomic mass is 16.5. The van der Waals surface area contributed by atoms with Crippen LogP contribution in [-0.4, -0.2) is 12.1 Å². The summed E-state index contributed by atoms with van der Waals surface area (Å²) in [7, 11) is 1.66. The number of benzene rings is 2. The van der Waals surface area contributed by atoms with Crippen LogP contribution in [0.4, 0.5) is 0 Å². The third kappa shape index (κ3) is 2.73. The van der Waals surface area contributed by atoms with E-state index in [2.05, 4.69) is 4.98 Å². The average molecular weight is 294 g/mol. The zero-order valence-corrected chi connectivity index (χ0v) is 12.6. The molecule has 4 heteroatoms. The number of hydrogen-bond acceptors (Lipinski definition) is 4. The molecule has 0 amide bonds. The maximum Gasteiger partial charge on any atom is 0.216 e. The van der Waals surface area contributed by atoms with Gasteiger partial charge in [0.25, 0.3) is 0 Å². The van der Waals surface area contributed by atoms with Gasteiger partial charge in [-0.3, -0.25) is 0 Å². The Morgan fingerprint density at radius 1 is 1.14 bits per heavy atom. The lowest BCUT2D eigenvalue weighted by atomic mass is 10.1. The Balaban J connectivity index is 1.89. The van der Waals surface area contributed by atoms with Gasteiger partial charge in [-0.05, 0) is 36.2 Å². The molecule has 1 unspecified atom stereocenters. The quantitative estimate of drug-likeness (QED) is 0.797. The van der Waals surface area contributed by atoms with Crippen molar-refractivity contribution in [2.45, 2.75) is 13.0 Å². The molecule has 0 bridgehead atoms. The van der Waals surface area contributed by atoms with Gasteiger partial charge in [0.1, 0.15) is 11.8 Å². The average Bonchev–Trinajstić information content (AvgIpc) is 3.05. The van der Waals surface area contributed by atoms with Crippen molar-refractivity contribution in [3.05, 3.63) is 71.7 Å². The molecular weight excluding hydrogens is 276 g/mol. The Bertz CT molecular complexity index is 766. The van der Waals surface area contributed by atoms with E-state index in [9.17, 15) is 0 Å². The van der Waals surface area contributed by atoms with E-state index in [4.69, 9.17) is 14.9 Å². The van der Waals surface area contributed by atoms with Crippen LogP contribution in [0, 0.1) is 6.92 Å². The van der Waals surface area contributed by atoms with Gasteiger partial charge in [0.15, 0.2) is 5.76 Å². The van der Waals surface area contributed by atoms with Gasteiger partial charge < -0.3 is 14.9 Å². The van der Waals surface area contributed by atoms with Crippen molar-refractivity contribution in [1.82, 2.24) is 4.98 Å². The minimum Gasteiger partial charge on any atom is -0.496 e. The first-order chi connectivity index (χ1) is 10.7. The summed E-state index contributed by atoms with van der Waals surface area (Å²) in [4.78, 5) is 4.32. The summed E-state index contributed by atoms with van der Waals surface area (Å²) in [6.07, 6.45) is 1.71. The number of methoxy groups -OCH3 is 1. The summed E-state index contributed by atoms with van der Waals surface area (Å²) in [6.45, 7) is 2.00. The largest absolute Gasteiger partial charge is 0.496 e. The van der Waals surface area contributed by atoms with Crippen molar-refractivity contribution in [3.63, 3.8) is 0 Å². The standard InChI is InChI=1S/C18H18N2O2/c1-12-10-14(8-9-15(12)21-2)16-11-20-18(22-16)17(19)13-6-4-3-5-7-13/h3-11,17H,19H2,1-2H3. The van der Waals surface area contributed by atoms with Gasteiger partial charge in [0, 0.05) is 5.56 Å². The minimum atomic E-state index is -0.366. The fourth-order valence-electron chi connectivity index (χ4n) is 2.40. The highest BCUT2D eigenvalue weighted by Gasteiger charge is 2.16. The number of nitrogens with two attached hydrogens (primary N) is 1. The van der Waals surface area contributed by atoms with Crippen LogP contribution < -0.4 is 10.5 Å². The van der Waals surface area contributed by atoms with E-state index in [0.29, 0.717) is 11.7 Å². The first-order valence-electron chi connectivity index (χ1n) is 7.10. The summed E-state index contributed by atoms with van der Waals surface area (Å²) in [6, 6.07) is 15.3. The lowest BCUT2D eigenvalue weighted by molar-refractivity contribution is 0.411. The van der Waals surface area contributed by atoms with E-state index >= 15 is 0 Å². The Morgan fingerprint density at radius 2 is 1.91 bits per heavy atom. The van der Waals surface area contributed by atoms with Crippen LogP contribution in [-0.2, 0) is 0 Å². The number of aromatic nitrogens is 1. The van der Waals surface area contributed by atoms with Gasteiger partial charge in [-0.25, -0.2) is 4.98 Å². The third-order valence-corrected chi connectivity index (χ3v) is 3.63. The molecule has 3 aromatic rings. The number of oxazole rings is 1. The van der Waals surface area contributed by atoms with Gasteiger partial charge in [-0.2, -0.15) is 0 Å². The van der Waals surface area contributed by atoms with Crippen LogP contribution in [0.5, 0.6) is 5.75 Å². The number of hydrogen-bond donors (Lipinski definition) is 1. The van der Waals surface area contributed by atoms with E-state index in [1.54, 1.807) is 13.3 Å². The van der Waals surface area contributed by atoms with E-state index < -0.39 is 0 Å². The smallest absolute Gasteiger partial charge is 0.216 e. The fraction of sp³-hybridized carbons (Fsp3) is 0.167. The molecule has 0 saturated carbocycles. The molecule has 0 aliphatic heterocycles. The number of aryl methyl sites for hydroxylation is 1. The Labute approximate surface area is 129 Å². The lowest BCUT2D eigenvalue weighted by Crippen LogP contribution is -2.11. The van der Waals surface area contributed by atoms with E-state index in [-0.39, 0.29) is 6.04 Å². The second kappa shape index (κ2) is 6.03. The monoisotopic (exact) mass is 294 g/mol. The molecule has 1 heterocycles. The van der Waals surface area contributed by atoms with Crippen molar-refractivity contribution in [3.8, 4) is 17.1 Å². The van der Waals surface area contributed by atoms with Crippen LogP contribution >= 0.6 is 0 Å². The third-order valence-electron chi connectivity index (χ3n) is 3.63. The van der Waals surface area contributed by atoms with Crippen LogP contribution in [0.1, 0.15) is 23.1 Å². The highest BCUT2D eigenvalue weighted by molar-refractivity contribution is 5.59. The van der Waals surface area contributed by atoms with E-state index in [1.165, 1.54) is 0 Å². The molecule has 0 aliphatic carbocycles. The first-order valence-corrected chi connectivity index (χ1v) is 7.10. The van der Waals surface area contributed by atoms with Crippen molar-refractivity contribution >= 4 is 0 Å². The van der Waals surface area contributed by atoms with Crippen molar-refractivity contribution in [2.24, 2.45) is 5.73 Å². The highest BCUT2D eigenvalue weighted by Crippen LogP contribution is 2.28. The van der Waals surface area contributed by atoms with Crippen LogP contribution in [0.3, 0.4) is 0 Å². The summed E-state index contributed by atoms with van der Waals surface area (Å²) in [5, 5.41) is 0. The molecule has 0 aliphatic rings. The summed E-state index contributed by atoms with van der Waals surface area (Å²) in [5.74, 6) is 2.06. The molecule has 0 saturated heterocycles. The number of ether oxygens (including phenoxy) is 1. The zero-order chi connectivity index (χ0) is 15.5. The second-order valence-electron chi connectivity index (χ2n) is 5.14. The molecule has 4 nitrogen and oxygen atoms in total. The van der Waals surface area contributed by atoms with Crippen LogP contribution in [0.15, 0.2) is 59.1 Å². The van der Waals surface area contributed by atoms with Gasteiger partial charge in [-0.1, -0.05) is 30.3 Å². The molecule has 1 atom stereocenters. The molecule has 112 valence electrons. The van der Waals surface area contributed by atoms with Crippen molar-refractivity contribution in [1.29, 1.82) is 0 Å². The van der Waals surface area contributed by atoms with Gasteiger partial charge >= 0.3 is 0 Å². The Kier molecular flexibility index (Phi) is 3.94. The molecule has 0 radical (unpaired) electrons. The maximum absolute atomic E-state index is 6.21. The van der Waals surface area contributed by atoms with Crippen molar-refractivity contribution < 1.29 is 9.15 Å². The summed E-state index contributed by atoms with van der Waals surface area (Å²) in [5.41, 5.74) is 9.18. The number of rotatable bonds is 4. The molecule has 1 aromatic heterocycles. The van der Waals surface area contributed by atoms with Crippen LogP contribution in [0.2, 0.25) is 0 Å². The molecule has 2 aromatic carbocycles. The Morgan fingerprint density at radius 3 is 2.59 bits per heavy atom. The van der Waals surface area contributed by atoms with Gasteiger partial charge in [0.2, 0.25) is 5.89 Å². The molecule has 3 rings (SSSR count). The molecule has 0 spiro atoms. The summed E-state index contributed by atoms with van der Waals surface area (Å²) < 4.78 is 11.1. The fourth-order valence-corrected chi connectivity index (χ4v) is 2.40. The van der Waals surface area contributed by atoms with Crippen molar-refractivity contribution in [2.75, 3.05) is 7.11 Å². The molecule has 2 N–H and O–H groups in total. The van der Waals surface area contributed by atoms with Gasteiger partial charge in [-0.15, -0.1) is 0 Å². The predicted octanol–water partition coefficient (Wildman–Crippen LogP) is 3.71. The Hall–Kier alpha value is -2.59. The zero-order valence-electron chi connectivity index (χ0n) is 12.6. The molecular formula is C18H18N2O2. The molecule has 22 heavy (non-hydrogen) atoms. The SMILES string of the molecule is COc1ccc(-c2cnc(C(N)c3ccccc3)o2)cc1C. The first kappa shape index (κ1) is 14.4. The topological polar surface area (TPSA) is 61.3 Å². The van der Waals surface area contributed by atoms with Crippen LogP contribution in [0.25, 0.3) is 11.3 Å². The predicted molar refractivity (Wildman–Crippen MR) is 85.7 cm³/mol.